The van der Waals surface area contributed by atoms with Gasteiger partial charge in [0.25, 0.3) is 0 Å². The van der Waals surface area contributed by atoms with E-state index in [1.54, 1.807) is 18.2 Å². The predicted molar refractivity (Wildman–Crippen MR) is 71.3 cm³/mol. The average molecular weight is 325 g/mol. The van der Waals surface area contributed by atoms with Gasteiger partial charge in [-0.15, -0.1) is 0 Å². The van der Waals surface area contributed by atoms with E-state index in [1.165, 1.54) is 12.3 Å². The number of aromatic nitrogens is 1. The van der Waals surface area contributed by atoms with Crippen molar-refractivity contribution in [2.75, 3.05) is 0 Å². The van der Waals surface area contributed by atoms with Gasteiger partial charge < -0.3 is 4.74 Å². The van der Waals surface area contributed by atoms with Crippen molar-refractivity contribution in [2.24, 2.45) is 0 Å². The summed E-state index contributed by atoms with van der Waals surface area (Å²) in [5.74, 6) is -0.335. The molecule has 0 saturated heterocycles. The molecule has 2 rings (SSSR count). The summed E-state index contributed by atoms with van der Waals surface area (Å²) < 4.78 is 28.3. The van der Waals surface area contributed by atoms with Crippen LogP contribution in [0.1, 0.15) is 0 Å². The van der Waals surface area contributed by atoms with Gasteiger partial charge in [0.15, 0.2) is 0 Å². The van der Waals surface area contributed by atoms with Gasteiger partial charge >= 0.3 is 6.61 Å². The number of rotatable bonds is 3. The van der Waals surface area contributed by atoms with Crippen LogP contribution >= 0.6 is 34.8 Å². The number of pyridine rings is 1. The normalized spacial score (nSPS) is 10.8. The van der Waals surface area contributed by atoms with E-state index in [0.29, 0.717) is 21.2 Å². The fraction of sp³-hybridized carbons (Fsp3) is 0.0833. The Labute approximate surface area is 122 Å². The highest BCUT2D eigenvalue weighted by atomic mass is 35.5. The summed E-state index contributed by atoms with van der Waals surface area (Å²) >= 11 is 17.7. The Bertz CT molecular complexity index is 608. The Kier molecular flexibility index (Phi) is 4.45. The van der Waals surface area contributed by atoms with Gasteiger partial charge in [0.05, 0.1) is 0 Å². The Morgan fingerprint density at radius 3 is 2.42 bits per heavy atom. The second-order valence-electron chi connectivity index (χ2n) is 3.51. The molecule has 0 atom stereocenters. The van der Waals surface area contributed by atoms with Crippen LogP contribution in [0.3, 0.4) is 0 Å². The molecule has 19 heavy (non-hydrogen) atoms. The Morgan fingerprint density at radius 2 is 1.79 bits per heavy atom. The summed E-state index contributed by atoms with van der Waals surface area (Å²) in [5, 5.41) is 0.905. The van der Waals surface area contributed by atoms with Crippen LogP contribution in [0.15, 0.2) is 30.5 Å². The fourth-order valence-electron chi connectivity index (χ4n) is 1.46. The molecule has 0 spiro atoms. The maximum Gasteiger partial charge on any atom is 0.388 e. The summed E-state index contributed by atoms with van der Waals surface area (Å²) in [6.07, 6.45) is 1.33. The van der Waals surface area contributed by atoms with E-state index in [4.69, 9.17) is 34.8 Å². The monoisotopic (exact) mass is 323 g/mol. The van der Waals surface area contributed by atoms with Gasteiger partial charge in [0.2, 0.25) is 5.88 Å². The van der Waals surface area contributed by atoms with E-state index >= 15 is 0 Å². The van der Waals surface area contributed by atoms with Crippen molar-refractivity contribution >= 4 is 34.8 Å². The highest BCUT2D eigenvalue weighted by molar-refractivity contribution is 6.35. The zero-order chi connectivity index (χ0) is 14.0. The SMILES string of the molecule is FC(F)Oc1ncc(-c2cc(Cl)ccc2Cl)cc1Cl. The van der Waals surface area contributed by atoms with Crippen molar-refractivity contribution in [3.8, 4) is 17.0 Å². The summed E-state index contributed by atoms with van der Waals surface area (Å²) in [7, 11) is 0. The van der Waals surface area contributed by atoms with Crippen LogP contribution < -0.4 is 4.74 Å². The van der Waals surface area contributed by atoms with Crippen molar-refractivity contribution in [3.63, 3.8) is 0 Å². The predicted octanol–water partition coefficient (Wildman–Crippen LogP) is 5.31. The summed E-state index contributed by atoms with van der Waals surface area (Å²) in [6.45, 7) is -2.98. The molecule has 0 aliphatic rings. The number of alkyl halides is 2. The molecule has 2 aromatic rings. The lowest BCUT2D eigenvalue weighted by Crippen LogP contribution is -2.04. The third-order valence-corrected chi connectivity index (χ3v) is 3.08. The molecular weight excluding hydrogens is 318 g/mol. The zero-order valence-electron chi connectivity index (χ0n) is 9.21. The molecule has 7 heteroatoms. The highest BCUT2D eigenvalue weighted by Crippen LogP contribution is 2.34. The molecule has 0 fully saturated rings. The topological polar surface area (TPSA) is 22.1 Å². The Hall–Kier alpha value is -1.10. The first kappa shape index (κ1) is 14.3. The first-order valence-electron chi connectivity index (χ1n) is 5.03. The molecule has 0 bridgehead atoms. The smallest absolute Gasteiger partial charge is 0.388 e. The largest absolute Gasteiger partial charge is 0.415 e. The first-order valence-corrected chi connectivity index (χ1v) is 6.16. The number of hydrogen-bond acceptors (Lipinski definition) is 2. The minimum Gasteiger partial charge on any atom is -0.415 e. The van der Waals surface area contributed by atoms with Gasteiger partial charge in [0.1, 0.15) is 5.02 Å². The van der Waals surface area contributed by atoms with Crippen molar-refractivity contribution in [1.29, 1.82) is 0 Å². The van der Waals surface area contributed by atoms with E-state index in [9.17, 15) is 8.78 Å². The fourth-order valence-corrected chi connectivity index (χ4v) is 2.07. The third kappa shape index (κ3) is 3.47. The minimum absolute atomic E-state index is 0.0335. The lowest BCUT2D eigenvalue weighted by molar-refractivity contribution is -0.0527. The molecule has 0 amide bonds. The maximum absolute atomic E-state index is 12.1. The van der Waals surface area contributed by atoms with Gasteiger partial charge in [-0.2, -0.15) is 8.78 Å². The highest BCUT2D eigenvalue weighted by Gasteiger charge is 2.12. The number of hydrogen-bond donors (Lipinski definition) is 0. The van der Waals surface area contributed by atoms with Crippen LogP contribution in [0.25, 0.3) is 11.1 Å². The third-order valence-electron chi connectivity index (χ3n) is 2.25. The Morgan fingerprint density at radius 1 is 1.05 bits per heavy atom. The molecule has 1 aromatic heterocycles. The maximum atomic E-state index is 12.1. The minimum atomic E-state index is -2.98. The lowest BCUT2D eigenvalue weighted by atomic mass is 10.1. The van der Waals surface area contributed by atoms with Crippen molar-refractivity contribution in [1.82, 2.24) is 4.98 Å². The molecule has 1 heterocycles. The van der Waals surface area contributed by atoms with Crippen molar-refractivity contribution in [2.45, 2.75) is 6.61 Å². The van der Waals surface area contributed by atoms with E-state index in [1.807, 2.05) is 0 Å². The van der Waals surface area contributed by atoms with E-state index in [-0.39, 0.29) is 10.9 Å². The average Bonchev–Trinajstić information content (AvgIpc) is 2.34. The molecule has 0 N–H and O–H groups in total. The van der Waals surface area contributed by atoms with E-state index in [0.717, 1.165) is 0 Å². The zero-order valence-corrected chi connectivity index (χ0v) is 11.5. The number of ether oxygens (including phenoxy) is 1. The molecule has 0 aliphatic heterocycles. The summed E-state index contributed by atoms with van der Waals surface area (Å²) in [4.78, 5) is 3.73. The molecular formula is C12H6Cl3F2NO. The van der Waals surface area contributed by atoms with Crippen LogP contribution in [0.2, 0.25) is 15.1 Å². The Balaban J connectivity index is 2.41. The summed E-state index contributed by atoms with van der Waals surface area (Å²) in [5.41, 5.74) is 1.16. The number of benzene rings is 1. The standard InChI is InChI=1S/C12H6Cl3F2NO/c13-7-1-2-9(14)8(4-7)6-3-10(15)11(18-5-6)19-12(16)17/h1-5,12H. The van der Waals surface area contributed by atoms with Gasteiger partial charge in [-0.1, -0.05) is 34.8 Å². The molecule has 0 radical (unpaired) electrons. The van der Waals surface area contributed by atoms with Gasteiger partial charge in [0, 0.05) is 27.4 Å². The second kappa shape index (κ2) is 5.90. The van der Waals surface area contributed by atoms with Crippen molar-refractivity contribution < 1.29 is 13.5 Å². The molecule has 0 aliphatic carbocycles. The van der Waals surface area contributed by atoms with Crippen molar-refractivity contribution in [3.05, 3.63) is 45.5 Å². The molecule has 1 aromatic carbocycles. The quantitative estimate of drug-likeness (QED) is 0.763. The van der Waals surface area contributed by atoms with Crippen LogP contribution in [-0.4, -0.2) is 11.6 Å². The van der Waals surface area contributed by atoms with E-state index in [2.05, 4.69) is 9.72 Å². The molecule has 2 nitrogen and oxygen atoms in total. The molecule has 0 unspecified atom stereocenters. The first-order chi connectivity index (χ1) is 8.97. The molecule has 0 saturated carbocycles. The van der Waals surface area contributed by atoms with Gasteiger partial charge in [-0.3, -0.25) is 0 Å². The van der Waals surface area contributed by atoms with E-state index < -0.39 is 6.61 Å². The van der Waals surface area contributed by atoms with Crippen LogP contribution in [0.5, 0.6) is 5.88 Å². The molecule has 100 valence electrons. The van der Waals surface area contributed by atoms with Crippen LogP contribution in [0.4, 0.5) is 8.78 Å². The number of halogens is 5. The number of nitrogens with zero attached hydrogens (tertiary/aromatic N) is 1. The van der Waals surface area contributed by atoms with Gasteiger partial charge in [-0.05, 0) is 24.3 Å². The van der Waals surface area contributed by atoms with Crippen LogP contribution in [-0.2, 0) is 0 Å². The van der Waals surface area contributed by atoms with Gasteiger partial charge in [-0.25, -0.2) is 4.98 Å². The van der Waals surface area contributed by atoms with Crippen LogP contribution in [0, 0.1) is 0 Å². The summed E-state index contributed by atoms with van der Waals surface area (Å²) in [6, 6.07) is 6.32. The second-order valence-corrected chi connectivity index (χ2v) is 4.76. The lowest BCUT2D eigenvalue weighted by Gasteiger charge is -2.08.